The van der Waals surface area contributed by atoms with Crippen molar-refractivity contribution in [2.24, 2.45) is 0 Å². The van der Waals surface area contributed by atoms with Crippen LogP contribution in [-0.4, -0.2) is 6.29 Å². The highest BCUT2D eigenvalue weighted by molar-refractivity contribution is 5.88. The average molecular weight is 262 g/mol. The number of rotatable bonds is 3. The molecule has 0 bridgehead atoms. The van der Waals surface area contributed by atoms with E-state index in [1.165, 1.54) is 0 Å². The standard InChI is InChI=1S/C18H14O2/c1-13-11-16(10-9-15(13)12-19)20-18-8-4-6-14-5-2-3-7-17(14)18/h2-12H,1H3. The van der Waals surface area contributed by atoms with Gasteiger partial charge in [-0.15, -0.1) is 0 Å². The molecule has 98 valence electrons. The number of aldehydes is 1. The van der Waals surface area contributed by atoms with E-state index in [0.29, 0.717) is 5.56 Å². The van der Waals surface area contributed by atoms with Gasteiger partial charge in [0.25, 0.3) is 0 Å². The van der Waals surface area contributed by atoms with Crippen LogP contribution in [-0.2, 0) is 0 Å². The van der Waals surface area contributed by atoms with E-state index >= 15 is 0 Å². The third-order valence-corrected chi connectivity index (χ3v) is 3.35. The Bertz CT molecular complexity index is 770. The fourth-order valence-corrected chi connectivity index (χ4v) is 2.26. The first kappa shape index (κ1) is 12.4. The number of hydrogen-bond acceptors (Lipinski definition) is 2. The molecule has 20 heavy (non-hydrogen) atoms. The quantitative estimate of drug-likeness (QED) is 0.636. The maximum absolute atomic E-state index is 10.8. The van der Waals surface area contributed by atoms with Crippen molar-refractivity contribution in [3.8, 4) is 11.5 Å². The van der Waals surface area contributed by atoms with Gasteiger partial charge >= 0.3 is 0 Å². The maximum atomic E-state index is 10.8. The van der Waals surface area contributed by atoms with Crippen LogP contribution in [0.2, 0.25) is 0 Å². The van der Waals surface area contributed by atoms with Crippen molar-refractivity contribution >= 4 is 17.1 Å². The molecule has 3 aromatic carbocycles. The van der Waals surface area contributed by atoms with Crippen LogP contribution in [0.1, 0.15) is 15.9 Å². The lowest BCUT2D eigenvalue weighted by molar-refractivity contribution is 0.112. The summed E-state index contributed by atoms with van der Waals surface area (Å²) in [5, 5.41) is 2.22. The molecule has 0 fully saturated rings. The van der Waals surface area contributed by atoms with Gasteiger partial charge in [-0.25, -0.2) is 0 Å². The molecule has 0 heterocycles. The third kappa shape index (κ3) is 2.28. The molecule has 0 aliphatic heterocycles. The molecule has 0 aliphatic rings. The van der Waals surface area contributed by atoms with Crippen LogP contribution < -0.4 is 4.74 Å². The van der Waals surface area contributed by atoms with Crippen molar-refractivity contribution in [1.82, 2.24) is 0 Å². The summed E-state index contributed by atoms with van der Waals surface area (Å²) in [6.07, 6.45) is 0.858. The molecule has 0 atom stereocenters. The molecular weight excluding hydrogens is 248 g/mol. The summed E-state index contributed by atoms with van der Waals surface area (Å²) in [6, 6.07) is 19.6. The number of carbonyl (C=O) groups is 1. The molecular formula is C18H14O2. The van der Waals surface area contributed by atoms with Crippen LogP contribution in [0.5, 0.6) is 11.5 Å². The highest BCUT2D eigenvalue weighted by Crippen LogP contribution is 2.30. The lowest BCUT2D eigenvalue weighted by atomic mass is 10.1. The van der Waals surface area contributed by atoms with Crippen molar-refractivity contribution in [3.63, 3.8) is 0 Å². The van der Waals surface area contributed by atoms with Crippen LogP contribution in [0.4, 0.5) is 0 Å². The molecule has 2 heteroatoms. The summed E-state index contributed by atoms with van der Waals surface area (Å²) in [5.74, 6) is 1.56. The molecule has 0 aliphatic carbocycles. The summed E-state index contributed by atoms with van der Waals surface area (Å²) < 4.78 is 5.96. The van der Waals surface area contributed by atoms with E-state index in [0.717, 1.165) is 34.1 Å². The molecule has 0 saturated heterocycles. The normalized spacial score (nSPS) is 10.4. The summed E-state index contributed by atoms with van der Waals surface area (Å²) in [7, 11) is 0. The number of fused-ring (bicyclic) bond motifs is 1. The van der Waals surface area contributed by atoms with Gasteiger partial charge in [-0.1, -0.05) is 36.4 Å². The van der Waals surface area contributed by atoms with Gasteiger partial charge in [-0.05, 0) is 42.1 Å². The molecule has 0 unspecified atom stereocenters. The SMILES string of the molecule is Cc1cc(Oc2cccc3ccccc23)ccc1C=O. The molecule has 0 amide bonds. The first-order chi connectivity index (χ1) is 9.78. The predicted octanol–water partition coefficient (Wildman–Crippen LogP) is 4.75. The molecule has 0 radical (unpaired) electrons. The van der Waals surface area contributed by atoms with E-state index in [2.05, 4.69) is 12.1 Å². The summed E-state index contributed by atoms with van der Waals surface area (Å²) in [4.78, 5) is 10.8. The Morgan fingerprint density at radius 1 is 0.950 bits per heavy atom. The number of hydrogen-bond donors (Lipinski definition) is 0. The third-order valence-electron chi connectivity index (χ3n) is 3.35. The second kappa shape index (κ2) is 5.17. The Balaban J connectivity index is 2.01. The zero-order valence-electron chi connectivity index (χ0n) is 11.2. The van der Waals surface area contributed by atoms with Gasteiger partial charge in [0.1, 0.15) is 17.8 Å². The predicted molar refractivity (Wildman–Crippen MR) is 80.6 cm³/mol. The Morgan fingerprint density at radius 2 is 1.75 bits per heavy atom. The van der Waals surface area contributed by atoms with Gasteiger partial charge < -0.3 is 4.74 Å². The molecule has 3 rings (SSSR count). The minimum absolute atomic E-state index is 0.690. The minimum Gasteiger partial charge on any atom is -0.457 e. The van der Waals surface area contributed by atoms with E-state index < -0.39 is 0 Å². The fourth-order valence-electron chi connectivity index (χ4n) is 2.26. The maximum Gasteiger partial charge on any atom is 0.150 e. The van der Waals surface area contributed by atoms with E-state index in [9.17, 15) is 4.79 Å². The Morgan fingerprint density at radius 3 is 2.55 bits per heavy atom. The van der Waals surface area contributed by atoms with Gasteiger partial charge in [0, 0.05) is 10.9 Å². The van der Waals surface area contributed by atoms with Crippen molar-refractivity contribution in [2.75, 3.05) is 0 Å². The van der Waals surface area contributed by atoms with E-state index in [1.807, 2.05) is 49.4 Å². The van der Waals surface area contributed by atoms with E-state index in [1.54, 1.807) is 6.07 Å². The molecule has 0 aromatic heterocycles. The molecule has 0 N–H and O–H groups in total. The second-order valence-corrected chi connectivity index (χ2v) is 4.72. The number of aryl methyl sites for hydroxylation is 1. The van der Waals surface area contributed by atoms with Crippen LogP contribution in [0.15, 0.2) is 60.7 Å². The lowest BCUT2D eigenvalue weighted by Crippen LogP contribution is -1.90. The highest BCUT2D eigenvalue weighted by atomic mass is 16.5. The van der Waals surface area contributed by atoms with Crippen LogP contribution in [0.3, 0.4) is 0 Å². The fraction of sp³-hybridized carbons (Fsp3) is 0.0556. The van der Waals surface area contributed by atoms with Crippen molar-refractivity contribution < 1.29 is 9.53 Å². The second-order valence-electron chi connectivity index (χ2n) is 4.72. The zero-order chi connectivity index (χ0) is 13.9. The summed E-state index contributed by atoms with van der Waals surface area (Å²) in [6.45, 7) is 1.90. The molecule has 0 spiro atoms. The lowest BCUT2D eigenvalue weighted by Gasteiger charge is -2.10. The van der Waals surface area contributed by atoms with Gasteiger partial charge in [0.2, 0.25) is 0 Å². The number of benzene rings is 3. The largest absolute Gasteiger partial charge is 0.457 e. The van der Waals surface area contributed by atoms with Gasteiger partial charge in [-0.2, -0.15) is 0 Å². The molecule has 3 aromatic rings. The van der Waals surface area contributed by atoms with E-state index in [4.69, 9.17) is 4.74 Å². The van der Waals surface area contributed by atoms with Crippen molar-refractivity contribution in [2.45, 2.75) is 6.92 Å². The number of carbonyl (C=O) groups excluding carboxylic acids is 1. The molecule has 2 nitrogen and oxygen atoms in total. The molecule has 0 saturated carbocycles. The Kier molecular flexibility index (Phi) is 3.21. The smallest absolute Gasteiger partial charge is 0.150 e. The van der Waals surface area contributed by atoms with Crippen LogP contribution in [0.25, 0.3) is 10.8 Å². The summed E-state index contributed by atoms with van der Waals surface area (Å²) >= 11 is 0. The zero-order valence-corrected chi connectivity index (χ0v) is 11.2. The number of ether oxygens (including phenoxy) is 1. The van der Waals surface area contributed by atoms with Crippen LogP contribution >= 0.6 is 0 Å². The summed E-state index contributed by atoms with van der Waals surface area (Å²) in [5.41, 5.74) is 1.60. The monoisotopic (exact) mass is 262 g/mol. The van der Waals surface area contributed by atoms with Crippen molar-refractivity contribution in [3.05, 3.63) is 71.8 Å². The van der Waals surface area contributed by atoms with E-state index in [-0.39, 0.29) is 0 Å². The minimum atomic E-state index is 0.690. The first-order valence-corrected chi connectivity index (χ1v) is 6.49. The first-order valence-electron chi connectivity index (χ1n) is 6.49. The van der Waals surface area contributed by atoms with Crippen molar-refractivity contribution in [1.29, 1.82) is 0 Å². The Hall–Kier alpha value is -2.61. The van der Waals surface area contributed by atoms with Gasteiger partial charge in [0.05, 0.1) is 0 Å². The van der Waals surface area contributed by atoms with Crippen LogP contribution in [0, 0.1) is 6.92 Å². The van der Waals surface area contributed by atoms with Gasteiger partial charge in [-0.3, -0.25) is 4.79 Å². The van der Waals surface area contributed by atoms with Gasteiger partial charge in [0.15, 0.2) is 0 Å². The highest BCUT2D eigenvalue weighted by Gasteiger charge is 2.04. The topological polar surface area (TPSA) is 26.3 Å². The Labute approximate surface area is 117 Å². The average Bonchev–Trinajstić information content (AvgIpc) is 2.48.